The van der Waals surface area contributed by atoms with Crippen LogP contribution >= 0.6 is 0 Å². The summed E-state index contributed by atoms with van der Waals surface area (Å²) in [5.41, 5.74) is 7.17. The molecule has 0 spiro atoms. The molecule has 0 heterocycles. The molecule has 0 saturated heterocycles. The number of hydrogen-bond acceptors (Lipinski definition) is 4. The normalized spacial score (nSPS) is 13.6. The summed E-state index contributed by atoms with van der Waals surface area (Å²) in [6, 6.07) is 8.57. The van der Waals surface area contributed by atoms with Gasteiger partial charge in [-0.1, -0.05) is 6.07 Å². The number of nitrogens with one attached hydrogen (secondary N) is 2. The van der Waals surface area contributed by atoms with Crippen LogP contribution in [0.25, 0.3) is 0 Å². The summed E-state index contributed by atoms with van der Waals surface area (Å²) < 4.78 is 40.8. The predicted molar refractivity (Wildman–Crippen MR) is 106 cm³/mol. The molecule has 2 aromatic carbocycles. The van der Waals surface area contributed by atoms with E-state index in [9.17, 15) is 22.4 Å². The standard InChI is InChI=1S/C20H22FN3O4S/c21-18-8-6-15(12-17(18)20(22)26)24-19(25)9-10-23-29(27,28)16-7-5-13-3-1-2-4-14(13)11-16/h5-8,11-12,23H,1-4,9-10H2,(H2,22,26)(H,24,25). The SMILES string of the molecule is NC(=O)c1cc(NC(=O)CCNS(=O)(=O)c2ccc3c(c2)CCCC3)ccc1F. The Morgan fingerprint density at radius 3 is 2.48 bits per heavy atom. The van der Waals surface area contributed by atoms with Gasteiger partial charge in [-0.25, -0.2) is 17.5 Å². The number of halogens is 1. The highest BCUT2D eigenvalue weighted by molar-refractivity contribution is 7.89. The van der Waals surface area contributed by atoms with Crippen LogP contribution in [0.1, 0.15) is 40.7 Å². The first-order valence-corrected chi connectivity index (χ1v) is 10.8. The van der Waals surface area contributed by atoms with Crippen molar-refractivity contribution < 1.29 is 22.4 Å². The Morgan fingerprint density at radius 1 is 1.03 bits per heavy atom. The number of sulfonamides is 1. The van der Waals surface area contributed by atoms with Crippen LogP contribution in [0.5, 0.6) is 0 Å². The molecule has 29 heavy (non-hydrogen) atoms. The van der Waals surface area contributed by atoms with Crippen molar-refractivity contribution in [1.29, 1.82) is 0 Å². The summed E-state index contributed by atoms with van der Waals surface area (Å²) >= 11 is 0. The highest BCUT2D eigenvalue weighted by atomic mass is 32.2. The van der Waals surface area contributed by atoms with Gasteiger partial charge in [0, 0.05) is 18.7 Å². The van der Waals surface area contributed by atoms with Crippen LogP contribution in [-0.2, 0) is 27.7 Å². The second kappa shape index (κ2) is 8.71. The van der Waals surface area contributed by atoms with Gasteiger partial charge in [0.25, 0.3) is 5.91 Å². The number of carbonyl (C=O) groups excluding carboxylic acids is 2. The monoisotopic (exact) mass is 419 g/mol. The van der Waals surface area contributed by atoms with Crippen molar-refractivity contribution >= 4 is 27.5 Å². The smallest absolute Gasteiger partial charge is 0.251 e. The lowest BCUT2D eigenvalue weighted by molar-refractivity contribution is -0.116. The average molecular weight is 419 g/mol. The number of carbonyl (C=O) groups is 2. The number of fused-ring (bicyclic) bond motifs is 1. The van der Waals surface area contributed by atoms with Crippen molar-refractivity contribution in [2.45, 2.75) is 37.0 Å². The first-order chi connectivity index (χ1) is 13.8. The molecule has 0 saturated carbocycles. The van der Waals surface area contributed by atoms with Gasteiger partial charge in [0.2, 0.25) is 15.9 Å². The first-order valence-electron chi connectivity index (χ1n) is 9.27. The summed E-state index contributed by atoms with van der Waals surface area (Å²) in [6.45, 7) is -0.102. The van der Waals surface area contributed by atoms with Crippen LogP contribution in [0.4, 0.5) is 10.1 Å². The lowest BCUT2D eigenvalue weighted by atomic mass is 9.92. The number of nitrogens with two attached hydrogens (primary N) is 1. The molecule has 0 radical (unpaired) electrons. The van der Waals surface area contributed by atoms with Gasteiger partial charge >= 0.3 is 0 Å². The molecule has 1 aliphatic rings. The highest BCUT2D eigenvalue weighted by Gasteiger charge is 2.18. The maximum absolute atomic E-state index is 13.5. The van der Waals surface area contributed by atoms with Gasteiger partial charge in [0.15, 0.2) is 0 Å². The predicted octanol–water partition coefficient (Wildman–Crippen LogP) is 2.11. The fourth-order valence-electron chi connectivity index (χ4n) is 3.27. The van der Waals surface area contributed by atoms with Crippen LogP contribution in [0, 0.1) is 5.82 Å². The Kier molecular flexibility index (Phi) is 6.29. The van der Waals surface area contributed by atoms with Gasteiger partial charge in [-0.15, -0.1) is 0 Å². The molecule has 3 rings (SSSR count). The van der Waals surface area contributed by atoms with E-state index in [2.05, 4.69) is 10.0 Å². The van der Waals surface area contributed by atoms with Gasteiger partial charge in [-0.05, 0) is 67.1 Å². The second-order valence-corrected chi connectivity index (χ2v) is 8.66. The van der Waals surface area contributed by atoms with Gasteiger partial charge < -0.3 is 11.1 Å². The zero-order valence-corrected chi connectivity index (χ0v) is 16.5. The van der Waals surface area contributed by atoms with E-state index >= 15 is 0 Å². The van der Waals surface area contributed by atoms with Crippen molar-refractivity contribution in [3.63, 3.8) is 0 Å². The summed E-state index contributed by atoms with van der Waals surface area (Å²) in [7, 11) is -3.73. The maximum atomic E-state index is 13.5. The van der Waals surface area contributed by atoms with E-state index in [1.54, 1.807) is 12.1 Å². The molecule has 2 amide bonds. The molecule has 7 nitrogen and oxygen atoms in total. The maximum Gasteiger partial charge on any atom is 0.251 e. The zero-order valence-electron chi connectivity index (χ0n) is 15.7. The summed E-state index contributed by atoms with van der Waals surface area (Å²) in [6.07, 6.45) is 3.86. The molecular weight excluding hydrogens is 397 g/mol. The van der Waals surface area contributed by atoms with Crippen LogP contribution in [-0.4, -0.2) is 26.8 Å². The molecule has 2 aromatic rings. The van der Waals surface area contributed by atoms with E-state index in [4.69, 9.17) is 5.73 Å². The van der Waals surface area contributed by atoms with Gasteiger partial charge in [-0.3, -0.25) is 9.59 Å². The minimum atomic E-state index is -3.73. The minimum absolute atomic E-state index is 0.102. The Hall–Kier alpha value is -2.78. The second-order valence-electron chi connectivity index (χ2n) is 6.89. The van der Waals surface area contributed by atoms with Gasteiger partial charge in [0.1, 0.15) is 5.82 Å². The Labute approximate surface area is 168 Å². The Balaban J connectivity index is 1.57. The number of rotatable bonds is 7. The van der Waals surface area contributed by atoms with E-state index in [0.29, 0.717) is 0 Å². The largest absolute Gasteiger partial charge is 0.366 e. The van der Waals surface area contributed by atoms with Gasteiger partial charge in [-0.2, -0.15) is 0 Å². The number of hydrogen-bond donors (Lipinski definition) is 3. The van der Waals surface area contributed by atoms with Crippen molar-refractivity contribution in [3.05, 3.63) is 58.9 Å². The van der Waals surface area contributed by atoms with E-state index in [0.717, 1.165) is 43.4 Å². The molecule has 0 atom stereocenters. The Morgan fingerprint density at radius 2 is 1.76 bits per heavy atom. The van der Waals surface area contributed by atoms with Crippen molar-refractivity contribution in [1.82, 2.24) is 4.72 Å². The fraction of sp³-hybridized carbons (Fsp3) is 0.300. The van der Waals surface area contributed by atoms with Crippen LogP contribution in [0.3, 0.4) is 0 Å². The van der Waals surface area contributed by atoms with Crippen LogP contribution in [0.15, 0.2) is 41.3 Å². The van der Waals surface area contributed by atoms with Crippen molar-refractivity contribution in [3.8, 4) is 0 Å². The molecule has 9 heteroatoms. The van der Waals surface area contributed by atoms with E-state index in [-0.39, 0.29) is 29.1 Å². The topological polar surface area (TPSA) is 118 Å². The number of primary amides is 1. The quantitative estimate of drug-likeness (QED) is 0.637. The number of anilines is 1. The van der Waals surface area contributed by atoms with Crippen molar-refractivity contribution in [2.24, 2.45) is 5.73 Å². The zero-order chi connectivity index (χ0) is 21.0. The Bertz CT molecular complexity index is 1050. The molecule has 1 aliphatic carbocycles. The molecule has 154 valence electrons. The summed E-state index contributed by atoms with van der Waals surface area (Å²) in [5, 5.41) is 2.48. The third-order valence-electron chi connectivity index (χ3n) is 4.79. The molecule has 0 aromatic heterocycles. The molecular formula is C20H22FN3O4S. The molecule has 0 unspecified atom stereocenters. The first kappa shape index (κ1) is 20.9. The lowest BCUT2D eigenvalue weighted by Gasteiger charge is -2.16. The van der Waals surface area contributed by atoms with Crippen LogP contribution < -0.4 is 15.8 Å². The molecule has 0 fully saturated rings. The van der Waals surface area contributed by atoms with Gasteiger partial charge in [0.05, 0.1) is 10.5 Å². The lowest BCUT2D eigenvalue weighted by Crippen LogP contribution is -2.28. The third kappa shape index (κ3) is 5.18. The third-order valence-corrected chi connectivity index (χ3v) is 6.25. The van der Waals surface area contributed by atoms with Crippen LogP contribution in [0.2, 0.25) is 0 Å². The van der Waals surface area contributed by atoms with E-state index in [1.165, 1.54) is 11.6 Å². The minimum Gasteiger partial charge on any atom is -0.366 e. The highest BCUT2D eigenvalue weighted by Crippen LogP contribution is 2.24. The van der Waals surface area contributed by atoms with Crippen molar-refractivity contribution in [2.75, 3.05) is 11.9 Å². The molecule has 4 N–H and O–H groups in total. The number of amides is 2. The molecule has 0 bridgehead atoms. The van der Waals surface area contributed by atoms with E-state index < -0.39 is 27.7 Å². The summed E-state index contributed by atoms with van der Waals surface area (Å²) in [5.74, 6) is -2.22. The summed E-state index contributed by atoms with van der Waals surface area (Å²) in [4.78, 5) is 23.4. The molecule has 0 aliphatic heterocycles. The van der Waals surface area contributed by atoms with E-state index in [1.807, 2.05) is 6.07 Å². The fourth-order valence-corrected chi connectivity index (χ4v) is 4.36. The average Bonchev–Trinajstić information content (AvgIpc) is 2.68. The number of aryl methyl sites for hydroxylation is 2. The number of benzene rings is 2.